The van der Waals surface area contributed by atoms with Crippen molar-refractivity contribution >= 4 is 46.7 Å². The summed E-state index contributed by atoms with van der Waals surface area (Å²) in [6.45, 7) is 9.07. The van der Waals surface area contributed by atoms with Crippen molar-refractivity contribution in [2.75, 3.05) is 67.1 Å². The number of nitriles is 2. The maximum atomic E-state index is 9.35. The second kappa shape index (κ2) is 15.6. The van der Waals surface area contributed by atoms with Crippen LogP contribution in [0.15, 0.2) is 72.3 Å². The van der Waals surface area contributed by atoms with Crippen LogP contribution < -0.4 is 20.4 Å². The molecule has 222 valence electrons. The normalized spacial score (nSPS) is 16.0. The van der Waals surface area contributed by atoms with Gasteiger partial charge in [-0.15, -0.1) is 0 Å². The molecule has 43 heavy (non-hydrogen) atoms. The Balaban J connectivity index is 0.000000197. The van der Waals surface area contributed by atoms with Crippen LogP contribution in [0.4, 0.5) is 17.3 Å². The number of H-pyrrole nitrogens is 1. The van der Waals surface area contributed by atoms with E-state index in [1.807, 2.05) is 61.8 Å². The highest BCUT2D eigenvalue weighted by atomic mass is 32.1. The molecule has 0 aliphatic carbocycles. The van der Waals surface area contributed by atoms with Crippen LogP contribution in [-0.2, 0) is 0 Å². The van der Waals surface area contributed by atoms with Crippen LogP contribution >= 0.6 is 24.4 Å². The van der Waals surface area contributed by atoms with Gasteiger partial charge in [0.2, 0.25) is 0 Å². The summed E-state index contributed by atoms with van der Waals surface area (Å²) in [7, 11) is 0. The van der Waals surface area contributed by atoms with Crippen LogP contribution in [0.5, 0.6) is 0 Å². The van der Waals surface area contributed by atoms with Crippen LogP contribution in [0.25, 0.3) is 0 Å². The van der Waals surface area contributed by atoms with Gasteiger partial charge >= 0.3 is 0 Å². The van der Waals surface area contributed by atoms with Crippen molar-refractivity contribution in [1.82, 2.24) is 19.9 Å². The number of hydrogen-bond donors (Lipinski definition) is 2. The molecular weight excluding hydrogens is 577 g/mol. The Morgan fingerprint density at radius 2 is 1.42 bits per heavy atom. The van der Waals surface area contributed by atoms with Gasteiger partial charge in [-0.25, -0.2) is 9.97 Å². The Morgan fingerprint density at radius 3 is 1.98 bits per heavy atom. The Kier molecular flexibility index (Phi) is 11.4. The lowest BCUT2D eigenvalue weighted by Gasteiger charge is -2.25. The van der Waals surface area contributed by atoms with Crippen molar-refractivity contribution in [2.45, 2.75) is 19.8 Å². The molecule has 5 heterocycles. The Bertz CT molecular complexity index is 1540. The molecule has 5 rings (SSSR count). The Morgan fingerprint density at radius 1 is 0.837 bits per heavy atom. The van der Waals surface area contributed by atoms with E-state index in [4.69, 9.17) is 30.2 Å². The molecule has 2 aliphatic heterocycles. The Labute approximate surface area is 263 Å². The van der Waals surface area contributed by atoms with E-state index in [9.17, 15) is 10.5 Å². The average molecular weight is 613 g/mol. The lowest BCUT2D eigenvalue weighted by atomic mass is 10.2. The molecule has 0 saturated carbocycles. The maximum absolute atomic E-state index is 9.35. The molecule has 2 fully saturated rings. The van der Waals surface area contributed by atoms with Crippen molar-refractivity contribution in [3.8, 4) is 12.1 Å². The minimum absolute atomic E-state index is 0.167. The van der Waals surface area contributed by atoms with E-state index in [2.05, 4.69) is 46.7 Å². The fourth-order valence-corrected chi connectivity index (χ4v) is 5.67. The summed E-state index contributed by atoms with van der Waals surface area (Å²) in [6.07, 6.45) is 7.46. The van der Waals surface area contributed by atoms with Crippen LogP contribution in [0.3, 0.4) is 0 Å². The summed E-state index contributed by atoms with van der Waals surface area (Å²) in [6, 6.07) is 18.2. The molecule has 3 N–H and O–H groups in total. The highest BCUT2D eigenvalue weighted by Crippen LogP contribution is 2.23. The molecule has 0 spiro atoms. The summed E-state index contributed by atoms with van der Waals surface area (Å²) in [4.78, 5) is 20.9. The summed E-state index contributed by atoms with van der Waals surface area (Å²) >= 11 is 10.2. The highest BCUT2D eigenvalue weighted by Gasteiger charge is 2.20. The van der Waals surface area contributed by atoms with Crippen molar-refractivity contribution in [3.05, 3.63) is 82.5 Å². The minimum atomic E-state index is 0.167. The zero-order chi connectivity index (χ0) is 30.6. The lowest BCUT2D eigenvalue weighted by Crippen LogP contribution is -2.31. The van der Waals surface area contributed by atoms with Gasteiger partial charge in [0.25, 0.3) is 0 Å². The largest absolute Gasteiger partial charge is 0.389 e. The molecule has 0 amide bonds. The number of nitrogens with one attached hydrogen (secondary N) is 1. The average Bonchev–Trinajstić information content (AvgIpc) is 3.44. The third kappa shape index (κ3) is 8.28. The molecule has 3 aromatic rings. The third-order valence-corrected chi connectivity index (χ3v) is 8.05. The van der Waals surface area contributed by atoms with Gasteiger partial charge in [0, 0.05) is 76.6 Å². The van der Waals surface area contributed by atoms with Crippen LogP contribution in [0.1, 0.15) is 25.3 Å². The van der Waals surface area contributed by atoms with Gasteiger partial charge < -0.3 is 30.3 Å². The van der Waals surface area contributed by atoms with E-state index in [1.54, 1.807) is 6.20 Å². The summed E-state index contributed by atoms with van der Waals surface area (Å²) in [5.41, 5.74) is 8.38. The van der Waals surface area contributed by atoms with Gasteiger partial charge in [-0.3, -0.25) is 0 Å². The molecule has 2 aliphatic rings. The molecule has 0 atom stereocenters. The first-order valence-electron chi connectivity index (χ1n) is 14.3. The van der Waals surface area contributed by atoms with Gasteiger partial charge in [0.05, 0.1) is 5.69 Å². The van der Waals surface area contributed by atoms with Crippen LogP contribution in [0.2, 0.25) is 0 Å². The maximum Gasteiger partial charge on any atom is 0.128 e. The number of thiocarbonyl (C=S) groups is 1. The number of aromatic nitrogens is 3. The zero-order valence-corrected chi connectivity index (χ0v) is 25.9. The number of allylic oxidation sites excluding steroid dienone is 1. The van der Waals surface area contributed by atoms with Gasteiger partial charge in [0.1, 0.15) is 44.5 Å². The number of nitrogens with zero attached hydrogens (tertiary/aromatic N) is 8. The molecule has 0 bridgehead atoms. The second-order valence-corrected chi connectivity index (χ2v) is 11.0. The predicted molar refractivity (Wildman–Crippen MR) is 177 cm³/mol. The first-order chi connectivity index (χ1) is 20.9. The van der Waals surface area contributed by atoms with E-state index in [0.717, 1.165) is 88.2 Å². The second-order valence-electron chi connectivity index (χ2n) is 10.1. The lowest BCUT2D eigenvalue weighted by molar-refractivity contribution is 0.369. The van der Waals surface area contributed by atoms with E-state index in [-0.39, 0.29) is 4.99 Å². The van der Waals surface area contributed by atoms with Crippen molar-refractivity contribution in [3.63, 3.8) is 0 Å². The quantitative estimate of drug-likeness (QED) is 0.242. The SMILES string of the molecule is C/C(=C(\C#N)C(N)=S)N1CCCN(c2ccccn2)CC1.N#Cc1c(N2CCCN(c3ccccn3)CC2)cc[nH]c1=S. The summed E-state index contributed by atoms with van der Waals surface area (Å²) in [5, 5.41) is 18.5. The minimum Gasteiger partial charge on any atom is -0.389 e. The smallest absolute Gasteiger partial charge is 0.128 e. The van der Waals surface area contributed by atoms with E-state index >= 15 is 0 Å². The topological polar surface area (TPSA) is 128 Å². The van der Waals surface area contributed by atoms with E-state index in [0.29, 0.717) is 15.8 Å². The highest BCUT2D eigenvalue weighted by molar-refractivity contribution is 7.80. The molecular formula is C31H36N10S2. The Hall–Kier alpha value is -4.52. The number of pyridine rings is 3. The van der Waals surface area contributed by atoms with Crippen molar-refractivity contribution < 1.29 is 0 Å². The van der Waals surface area contributed by atoms with Crippen molar-refractivity contribution in [2.24, 2.45) is 5.73 Å². The molecule has 0 aromatic carbocycles. The molecule has 2 saturated heterocycles. The van der Waals surface area contributed by atoms with Crippen LogP contribution in [-0.4, -0.2) is 77.2 Å². The van der Waals surface area contributed by atoms with Gasteiger partial charge in [-0.2, -0.15) is 10.5 Å². The zero-order valence-electron chi connectivity index (χ0n) is 24.3. The van der Waals surface area contributed by atoms with Crippen molar-refractivity contribution in [1.29, 1.82) is 10.5 Å². The van der Waals surface area contributed by atoms with E-state index < -0.39 is 0 Å². The van der Waals surface area contributed by atoms with Gasteiger partial charge in [-0.1, -0.05) is 36.6 Å². The number of anilines is 3. The fraction of sp³-hybridized carbons (Fsp3) is 0.355. The standard InChI is InChI=1S/C16H17N5S.C15H19N5S/c17-12-13-14(5-7-19-16(13)22)20-8-3-9-21(11-10-20)15-4-1-2-6-18-15;1-12(13(11-16)15(17)21)19-7-4-8-20(10-9-19)14-5-2-3-6-18-14/h1-2,4-7H,3,8-11H2,(H,19,22);2-3,5-6H,4,7-10H2,1H3,(H2,17,21)/b;13-12-. The summed E-state index contributed by atoms with van der Waals surface area (Å²) < 4.78 is 0.505. The fourth-order valence-electron chi connectivity index (χ4n) is 5.26. The molecule has 0 radical (unpaired) electrons. The third-order valence-electron chi connectivity index (χ3n) is 7.52. The summed E-state index contributed by atoms with van der Waals surface area (Å²) in [5.74, 6) is 2.01. The molecule has 3 aromatic heterocycles. The first-order valence-corrected chi connectivity index (χ1v) is 15.1. The number of rotatable bonds is 5. The number of nitrogens with two attached hydrogens (primary N) is 1. The molecule has 10 nitrogen and oxygen atoms in total. The molecule has 12 heteroatoms. The monoisotopic (exact) mass is 612 g/mol. The number of hydrogen-bond acceptors (Lipinski definition) is 10. The van der Waals surface area contributed by atoms with Gasteiger partial charge in [0.15, 0.2) is 0 Å². The first kappa shape index (κ1) is 31.4. The van der Waals surface area contributed by atoms with Crippen LogP contribution in [0, 0.1) is 27.3 Å². The molecule has 0 unspecified atom stereocenters. The predicted octanol–water partition coefficient (Wildman–Crippen LogP) is 4.40. The van der Waals surface area contributed by atoms with E-state index in [1.165, 1.54) is 0 Å². The van der Waals surface area contributed by atoms with Gasteiger partial charge in [-0.05, 0) is 50.1 Å². The number of aromatic amines is 1.